The first-order chi connectivity index (χ1) is 15.3. The fourth-order valence-corrected chi connectivity index (χ4v) is 4.83. The number of hydrogen-bond acceptors (Lipinski definition) is 7. The van der Waals surface area contributed by atoms with Crippen molar-refractivity contribution in [2.24, 2.45) is 0 Å². The summed E-state index contributed by atoms with van der Waals surface area (Å²) in [6.07, 6.45) is -0.112. The van der Waals surface area contributed by atoms with Gasteiger partial charge in [-0.2, -0.15) is 0 Å². The summed E-state index contributed by atoms with van der Waals surface area (Å²) < 4.78 is 12.2. The number of carbonyl (C=O) groups is 2. The molecule has 176 valence electrons. The third-order valence-electron chi connectivity index (χ3n) is 6.50. The molecule has 1 aromatic rings. The average Bonchev–Trinajstić information content (AvgIpc) is 3.11. The summed E-state index contributed by atoms with van der Waals surface area (Å²) in [5.74, 6) is 0.772. The minimum atomic E-state index is -0.488. The van der Waals surface area contributed by atoms with Gasteiger partial charge in [-0.05, 0) is 45.8 Å². The van der Waals surface area contributed by atoms with E-state index in [0.29, 0.717) is 19.4 Å². The Morgan fingerprint density at radius 3 is 2.66 bits per heavy atom. The number of hydrogen-bond donors (Lipinski definition) is 2. The van der Waals surface area contributed by atoms with Crippen LogP contribution in [0.4, 0.5) is 5.69 Å². The van der Waals surface area contributed by atoms with E-state index in [4.69, 9.17) is 9.47 Å². The Kier molecular flexibility index (Phi) is 6.99. The lowest BCUT2D eigenvalue weighted by Crippen LogP contribution is -2.50. The highest BCUT2D eigenvalue weighted by atomic mass is 16.6. The summed E-state index contributed by atoms with van der Waals surface area (Å²) in [6, 6.07) is 5.64. The van der Waals surface area contributed by atoms with Crippen LogP contribution in [-0.2, 0) is 14.3 Å². The van der Waals surface area contributed by atoms with Crippen LogP contribution in [0.25, 0.3) is 0 Å². The van der Waals surface area contributed by atoms with E-state index in [-0.39, 0.29) is 36.5 Å². The van der Waals surface area contributed by atoms with Crippen molar-refractivity contribution >= 4 is 17.5 Å². The first-order valence-corrected chi connectivity index (χ1v) is 11.3. The van der Waals surface area contributed by atoms with Crippen molar-refractivity contribution < 1.29 is 24.2 Å². The molecule has 2 N–H and O–H groups in total. The van der Waals surface area contributed by atoms with Crippen LogP contribution in [0.1, 0.15) is 24.3 Å². The molecule has 2 fully saturated rings. The highest BCUT2D eigenvalue weighted by Crippen LogP contribution is 2.47. The lowest BCUT2D eigenvalue weighted by atomic mass is 9.84. The van der Waals surface area contributed by atoms with Gasteiger partial charge in [0, 0.05) is 43.3 Å². The smallest absolute Gasteiger partial charge is 0.238 e. The second-order valence-electron chi connectivity index (χ2n) is 9.33. The maximum Gasteiger partial charge on any atom is 0.238 e. The summed E-state index contributed by atoms with van der Waals surface area (Å²) in [4.78, 5) is 31.0. The lowest BCUT2D eigenvalue weighted by molar-refractivity contribution is -0.150. The van der Waals surface area contributed by atoms with E-state index in [9.17, 15) is 14.7 Å². The molecule has 0 spiro atoms. The fourth-order valence-electron chi connectivity index (χ4n) is 4.83. The van der Waals surface area contributed by atoms with Gasteiger partial charge in [-0.25, -0.2) is 0 Å². The van der Waals surface area contributed by atoms with Gasteiger partial charge >= 0.3 is 0 Å². The zero-order valence-electron chi connectivity index (χ0n) is 19.1. The van der Waals surface area contributed by atoms with Gasteiger partial charge in [-0.3, -0.25) is 9.59 Å². The first kappa shape index (κ1) is 23.0. The molecule has 0 aliphatic carbocycles. The standard InChI is InChI=1S/C23H34N4O5/c1-25(2)13-21(29)24-15-4-5-19-17(10-15)18-11-16(31-20(14-28)23(18)32-19)12-22(30)27-8-6-26(3)7-9-27/h4-5,10,16,18,20,23,28H,6-9,11-14H2,1-3H3,(H,24,29)/t16-,18+,20+,23-/m0/s1. The number of piperazine rings is 1. The highest BCUT2D eigenvalue weighted by Gasteiger charge is 2.46. The Bertz CT molecular complexity index is 840. The SMILES string of the molecule is CN(C)CC(=O)Nc1ccc2c(c1)[C@H]1C[C@@H](CC(=O)N3CCN(C)CC3)O[C@H](CO)[C@H]1O2. The number of fused-ring (bicyclic) bond motifs is 3. The zero-order valence-corrected chi connectivity index (χ0v) is 19.1. The summed E-state index contributed by atoms with van der Waals surface area (Å²) in [6.45, 7) is 3.37. The highest BCUT2D eigenvalue weighted by molar-refractivity contribution is 5.92. The Balaban J connectivity index is 1.45. The Morgan fingerprint density at radius 1 is 1.22 bits per heavy atom. The van der Waals surface area contributed by atoms with Crippen LogP contribution in [0.5, 0.6) is 5.75 Å². The molecule has 32 heavy (non-hydrogen) atoms. The average molecular weight is 447 g/mol. The number of ether oxygens (including phenoxy) is 2. The van der Waals surface area contributed by atoms with Crippen molar-refractivity contribution in [3.05, 3.63) is 23.8 Å². The van der Waals surface area contributed by atoms with Crippen LogP contribution in [-0.4, -0.2) is 110 Å². The molecule has 1 aromatic carbocycles. The molecular weight excluding hydrogens is 412 g/mol. The van der Waals surface area contributed by atoms with Crippen molar-refractivity contribution in [2.45, 2.75) is 37.1 Å². The van der Waals surface area contributed by atoms with Crippen molar-refractivity contribution in [2.75, 3.05) is 65.8 Å². The van der Waals surface area contributed by atoms with Gasteiger partial charge in [0.1, 0.15) is 18.0 Å². The number of carbonyl (C=O) groups excluding carboxylic acids is 2. The van der Waals surface area contributed by atoms with Gasteiger partial charge in [0.2, 0.25) is 11.8 Å². The number of aliphatic hydroxyl groups is 1. The number of rotatable bonds is 6. The molecule has 9 heteroatoms. The molecule has 0 bridgehead atoms. The predicted molar refractivity (Wildman–Crippen MR) is 120 cm³/mol. The third-order valence-corrected chi connectivity index (χ3v) is 6.50. The van der Waals surface area contributed by atoms with Gasteiger partial charge < -0.3 is 34.6 Å². The number of nitrogens with one attached hydrogen (secondary N) is 1. The van der Waals surface area contributed by atoms with Crippen LogP contribution in [0.3, 0.4) is 0 Å². The van der Waals surface area contributed by atoms with Gasteiger partial charge in [-0.15, -0.1) is 0 Å². The maximum absolute atomic E-state index is 12.9. The molecule has 0 unspecified atom stereocenters. The Morgan fingerprint density at radius 2 is 1.97 bits per heavy atom. The summed E-state index contributed by atoms with van der Waals surface area (Å²) in [5, 5.41) is 12.9. The molecule has 0 radical (unpaired) electrons. The monoisotopic (exact) mass is 446 g/mol. The van der Waals surface area contributed by atoms with Crippen molar-refractivity contribution in [3.8, 4) is 5.75 Å². The Labute approximate surface area is 189 Å². The fraction of sp³-hybridized carbons (Fsp3) is 0.652. The second-order valence-corrected chi connectivity index (χ2v) is 9.33. The quantitative estimate of drug-likeness (QED) is 0.651. The van der Waals surface area contributed by atoms with E-state index in [2.05, 4.69) is 17.3 Å². The molecule has 3 heterocycles. The summed E-state index contributed by atoms with van der Waals surface area (Å²) in [7, 11) is 5.76. The lowest BCUT2D eigenvalue weighted by Gasteiger charge is -2.38. The van der Waals surface area contributed by atoms with E-state index in [1.54, 1.807) is 0 Å². The number of anilines is 1. The van der Waals surface area contributed by atoms with E-state index < -0.39 is 6.10 Å². The van der Waals surface area contributed by atoms with Gasteiger partial charge in [0.25, 0.3) is 0 Å². The van der Waals surface area contributed by atoms with Crippen LogP contribution in [0.2, 0.25) is 0 Å². The zero-order chi connectivity index (χ0) is 22.8. The van der Waals surface area contributed by atoms with Crippen molar-refractivity contribution in [3.63, 3.8) is 0 Å². The van der Waals surface area contributed by atoms with Crippen LogP contribution in [0, 0.1) is 0 Å². The molecule has 3 aliphatic heterocycles. The van der Waals surface area contributed by atoms with Crippen molar-refractivity contribution in [1.82, 2.24) is 14.7 Å². The number of nitrogens with zero attached hydrogens (tertiary/aromatic N) is 3. The summed E-state index contributed by atoms with van der Waals surface area (Å²) >= 11 is 0. The first-order valence-electron chi connectivity index (χ1n) is 11.3. The topological polar surface area (TPSA) is 94.6 Å². The molecular formula is C23H34N4O5. The second kappa shape index (κ2) is 9.74. The molecule has 2 saturated heterocycles. The minimum Gasteiger partial charge on any atom is -0.487 e. The van der Waals surface area contributed by atoms with E-state index >= 15 is 0 Å². The molecule has 4 rings (SSSR count). The molecule has 0 saturated carbocycles. The number of aliphatic hydroxyl groups excluding tert-OH is 1. The summed E-state index contributed by atoms with van der Waals surface area (Å²) in [5.41, 5.74) is 1.72. The molecule has 9 nitrogen and oxygen atoms in total. The minimum absolute atomic E-state index is 0.00638. The largest absolute Gasteiger partial charge is 0.487 e. The molecule has 4 atom stereocenters. The predicted octanol–water partition coefficient (Wildman–Crippen LogP) is 0.345. The maximum atomic E-state index is 12.9. The van der Waals surface area contributed by atoms with Gasteiger partial charge in [0.15, 0.2) is 0 Å². The third kappa shape index (κ3) is 5.06. The van der Waals surface area contributed by atoms with E-state index in [1.165, 1.54) is 0 Å². The van der Waals surface area contributed by atoms with E-state index in [1.807, 2.05) is 42.1 Å². The molecule has 2 amide bonds. The van der Waals surface area contributed by atoms with Crippen LogP contribution >= 0.6 is 0 Å². The van der Waals surface area contributed by atoms with Crippen LogP contribution < -0.4 is 10.1 Å². The Hall–Kier alpha value is -2.20. The normalized spacial score (nSPS) is 27.6. The van der Waals surface area contributed by atoms with Crippen LogP contribution in [0.15, 0.2) is 18.2 Å². The molecule has 0 aromatic heterocycles. The van der Waals surface area contributed by atoms with Gasteiger partial charge in [0.05, 0.1) is 25.7 Å². The molecule has 3 aliphatic rings. The number of likely N-dealkylation sites (N-methyl/N-ethyl adjacent to an activating group) is 2. The number of benzene rings is 1. The van der Waals surface area contributed by atoms with Crippen molar-refractivity contribution in [1.29, 1.82) is 0 Å². The van der Waals surface area contributed by atoms with E-state index in [0.717, 1.165) is 43.2 Å². The number of amides is 2. The van der Waals surface area contributed by atoms with Gasteiger partial charge in [-0.1, -0.05) is 0 Å².